The number of hydrogen-bond donors (Lipinski definition) is 2. The number of aliphatic hydroxyl groups excluding tert-OH is 1. The molecule has 84 valence electrons. The molecule has 0 fully saturated rings. The predicted octanol–water partition coefficient (Wildman–Crippen LogP) is 0.675. The lowest BCUT2D eigenvalue weighted by Crippen LogP contribution is -2.38. The fourth-order valence-electron chi connectivity index (χ4n) is 1.22. The maximum Gasteiger partial charge on any atom is 0.264 e. The second kappa shape index (κ2) is 5.77. The second-order valence-electron chi connectivity index (χ2n) is 3.62. The van der Waals surface area contributed by atoms with E-state index >= 15 is 0 Å². The van der Waals surface area contributed by atoms with Gasteiger partial charge in [-0.05, 0) is 23.9 Å². The molecular weight excluding hydrogens is 214 g/mol. The molecule has 0 bridgehead atoms. The number of carbonyl (C=O) groups is 1. The van der Waals surface area contributed by atoms with Gasteiger partial charge in [0.25, 0.3) is 5.91 Å². The molecule has 0 aromatic carbocycles. The van der Waals surface area contributed by atoms with E-state index in [0.717, 1.165) is 11.5 Å². The zero-order valence-electron chi connectivity index (χ0n) is 8.80. The predicted molar refractivity (Wildman–Crippen MR) is 57.7 cm³/mol. The van der Waals surface area contributed by atoms with Crippen molar-refractivity contribution >= 4 is 17.4 Å². The average Bonchev–Trinajstić information content (AvgIpc) is 2.69. The van der Waals surface area contributed by atoms with Gasteiger partial charge in [-0.1, -0.05) is 18.3 Å². The summed E-state index contributed by atoms with van der Waals surface area (Å²) in [6.07, 6.45) is 2.01. The first kappa shape index (κ1) is 12.1. The first-order valence-electron chi connectivity index (χ1n) is 4.84. The van der Waals surface area contributed by atoms with E-state index in [1.807, 2.05) is 13.8 Å². The van der Waals surface area contributed by atoms with Crippen molar-refractivity contribution in [1.82, 2.24) is 14.9 Å². The Hall–Kier alpha value is -1.01. The lowest BCUT2D eigenvalue weighted by atomic mass is 10.0. The molecule has 1 heterocycles. The summed E-state index contributed by atoms with van der Waals surface area (Å²) in [5.41, 5.74) is 0. The van der Waals surface area contributed by atoms with Crippen LogP contribution in [0.25, 0.3) is 0 Å². The van der Waals surface area contributed by atoms with Gasteiger partial charge in [0.1, 0.15) is 4.88 Å². The molecule has 1 unspecified atom stereocenters. The van der Waals surface area contributed by atoms with Gasteiger partial charge in [-0.25, -0.2) is 0 Å². The van der Waals surface area contributed by atoms with E-state index in [1.54, 1.807) is 0 Å². The summed E-state index contributed by atoms with van der Waals surface area (Å²) in [6, 6.07) is -0.00963. The molecule has 1 rings (SSSR count). The van der Waals surface area contributed by atoms with E-state index in [9.17, 15) is 4.79 Å². The molecule has 0 spiro atoms. The van der Waals surface area contributed by atoms with Crippen LogP contribution in [0.4, 0.5) is 0 Å². The first-order valence-corrected chi connectivity index (χ1v) is 5.61. The highest BCUT2D eigenvalue weighted by atomic mass is 32.1. The maximum atomic E-state index is 11.6. The van der Waals surface area contributed by atoms with E-state index in [4.69, 9.17) is 5.11 Å². The van der Waals surface area contributed by atoms with Crippen molar-refractivity contribution in [2.24, 2.45) is 5.92 Å². The van der Waals surface area contributed by atoms with Crippen LogP contribution in [-0.2, 0) is 0 Å². The Morgan fingerprint density at radius 3 is 2.87 bits per heavy atom. The fourth-order valence-corrected chi connectivity index (χ4v) is 1.64. The van der Waals surface area contributed by atoms with E-state index in [0.29, 0.717) is 17.2 Å². The van der Waals surface area contributed by atoms with Crippen LogP contribution in [0.5, 0.6) is 0 Å². The Morgan fingerprint density at radius 2 is 2.40 bits per heavy atom. The number of amides is 1. The highest BCUT2D eigenvalue weighted by molar-refractivity contribution is 7.07. The van der Waals surface area contributed by atoms with Gasteiger partial charge in [0, 0.05) is 12.6 Å². The van der Waals surface area contributed by atoms with Gasteiger partial charge in [0.15, 0.2) is 0 Å². The van der Waals surface area contributed by atoms with Gasteiger partial charge < -0.3 is 10.4 Å². The largest absolute Gasteiger partial charge is 0.396 e. The molecule has 1 amide bonds. The molecule has 6 heteroatoms. The van der Waals surface area contributed by atoms with Gasteiger partial charge in [0.05, 0.1) is 6.20 Å². The summed E-state index contributed by atoms with van der Waals surface area (Å²) in [5, 5.41) is 15.3. The molecule has 0 aliphatic carbocycles. The number of carbonyl (C=O) groups excluding carboxylic acids is 1. The molecule has 5 nitrogen and oxygen atoms in total. The van der Waals surface area contributed by atoms with Crippen molar-refractivity contribution in [2.45, 2.75) is 26.3 Å². The molecular formula is C9H15N3O2S. The van der Waals surface area contributed by atoms with Crippen molar-refractivity contribution in [2.75, 3.05) is 6.61 Å². The Balaban J connectivity index is 2.55. The van der Waals surface area contributed by atoms with Gasteiger partial charge in [-0.2, -0.15) is 0 Å². The molecule has 0 radical (unpaired) electrons. The zero-order chi connectivity index (χ0) is 11.3. The van der Waals surface area contributed by atoms with Crippen LogP contribution in [0.15, 0.2) is 6.20 Å². The highest BCUT2D eigenvalue weighted by Crippen LogP contribution is 2.08. The lowest BCUT2D eigenvalue weighted by Gasteiger charge is -2.20. The number of aliphatic hydroxyl groups is 1. The normalized spacial score (nSPS) is 12.8. The van der Waals surface area contributed by atoms with Crippen LogP contribution >= 0.6 is 11.5 Å². The lowest BCUT2D eigenvalue weighted by molar-refractivity contribution is 0.0920. The van der Waals surface area contributed by atoms with Crippen molar-refractivity contribution in [3.8, 4) is 0 Å². The molecule has 0 saturated heterocycles. The van der Waals surface area contributed by atoms with Crippen LogP contribution in [0, 0.1) is 5.92 Å². The van der Waals surface area contributed by atoms with Crippen molar-refractivity contribution in [3.05, 3.63) is 11.1 Å². The van der Waals surface area contributed by atoms with Crippen LogP contribution in [0.1, 0.15) is 29.9 Å². The third-order valence-corrected chi connectivity index (χ3v) is 2.81. The van der Waals surface area contributed by atoms with Crippen LogP contribution in [0.2, 0.25) is 0 Å². The summed E-state index contributed by atoms with van der Waals surface area (Å²) >= 11 is 1.07. The number of hydrogen-bond acceptors (Lipinski definition) is 5. The topological polar surface area (TPSA) is 75.1 Å². The first-order chi connectivity index (χ1) is 7.15. The Morgan fingerprint density at radius 1 is 1.67 bits per heavy atom. The number of aromatic nitrogens is 2. The standard InChI is InChI=1S/C9H15N3O2S/c1-6(2)7(3-4-13)11-9(14)8-5-10-12-15-8/h5-7,13H,3-4H2,1-2H3,(H,11,14). The van der Waals surface area contributed by atoms with Gasteiger partial charge in [-0.3, -0.25) is 4.79 Å². The minimum atomic E-state index is -0.169. The van der Waals surface area contributed by atoms with E-state index in [1.165, 1.54) is 6.20 Å². The third kappa shape index (κ3) is 3.56. The maximum absolute atomic E-state index is 11.6. The summed E-state index contributed by atoms with van der Waals surface area (Å²) in [5.74, 6) is 0.124. The Kier molecular flexibility index (Phi) is 4.64. The smallest absolute Gasteiger partial charge is 0.264 e. The Labute approximate surface area is 92.7 Å². The quantitative estimate of drug-likeness (QED) is 0.778. The number of nitrogens with one attached hydrogen (secondary N) is 1. The summed E-state index contributed by atoms with van der Waals surface area (Å²) in [4.78, 5) is 12.1. The minimum absolute atomic E-state index is 0.00963. The molecule has 1 aromatic heterocycles. The van der Waals surface area contributed by atoms with Crippen molar-refractivity contribution in [3.63, 3.8) is 0 Å². The fraction of sp³-hybridized carbons (Fsp3) is 0.667. The minimum Gasteiger partial charge on any atom is -0.396 e. The zero-order valence-corrected chi connectivity index (χ0v) is 9.62. The van der Waals surface area contributed by atoms with E-state index in [-0.39, 0.29) is 18.6 Å². The molecule has 2 N–H and O–H groups in total. The summed E-state index contributed by atoms with van der Waals surface area (Å²) in [6.45, 7) is 4.08. The van der Waals surface area contributed by atoms with Gasteiger partial charge in [0.2, 0.25) is 0 Å². The SMILES string of the molecule is CC(C)C(CCO)NC(=O)c1cnns1. The summed E-state index contributed by atoms with van der Waals surface area (Å²) in [7, 11) is 0. The Bertz CT molecular complexity index is 300. The molecule has 1 aromatic rings. The third-order valence-electron chi connectivity index (χ3n) is 2.15. The second-order valence-corrected chi connectivity index (χ2v) is 4.40. The monoisotopic (exact) mass is 229 g/mol. The van der Waals surface area contributed by atoms with Gasteiger partial charge in [-0.15, -0.1) is 5.10 Å². The van der Waals surface area contributed by atoms with Crippen LogP contribution in [-0.4, -0.2) is 33.2 Å². The van der Waals surface area contributed by atoms with E-state index in [2.05, 4.69) is 14.9 Å². The molecule has 0 aliphatic rings. The molecule has 1 atom stereocenters. The van der Waals surface area contributed by atoms with Crippen LogP contribution < -0.4 is 5.32 Å². The molecule has 0 saturated carbocycles. The van der Waals surface area contributed by atoms with Gasteiger partial charge >= 0.3 is 0 Å². The molecule has 0 aliphatic heterocycles. The van der Waals surface area contributed by atoms with Crippen LogP contribution in [0.3, 0.4) is 0 Å². The van der Waals surface area contributed by atoms with Crippen molar-refractivity contribution in [1.29, 1.82) is 0 Å². The number of nitrogens with zero attached hydrogens (tertiary/aromatic N) is 2. The highest BCUT2D eigenvalue weighted by Gasteiger charge is 2.17. The van der Waals surface area contributed by atoms with E-state index < -0.39 is 0 Å². The summed E-state index contributed by atoms with van der Waals surface area (Å²) < 4.78 is 3.62. The number of rotatable bonds is 5. The molecule has 15 heavy (non-hydrogen) atoms. The average molecular weight is 229 g/mol. The van der Waals surface area contributed by atoms with Crippen molar-refractivity contribution < 1.29 is 9.90 Å².